The highest BCUT2D eigenvalue weighted by Crippen LogP contribution is 2.37. The summed E-state index contributed by atoms with van der Waals surface area (Å²) in [6.07, 6.45) is 2.49. The van der Waals surface area contributed by atoms with Crippen molar-refractivity contribution >= 4 is 16.9 Å². The Bertz CT molecular complexity index is 1850. The maximum atomic E-state index is 12.9. The van der Waals surface area contributed by atoms with Crippen molar-refractivity contribution in [3.05, 3.63) is 149 Å². The highest BCUT2D eigenvalue weighted by Gasteiger charge is 2.41. The Morgan fingerprint density at radius 3 is 2.08 bits per heavy atom. The molecule has 1 saturated heterocycles. The number of hydrogen-bond acceptors (Lipinski definition) is 9. The molecule has 1 fully saturated rings. The minimum Gasteiger partial charge on any atom is -0.427 e. The summed E-state index contributed by atoms with van der Waals surface area (Å²) in [5.74, 6) is -0.127. The van der Waals surface area contributed by atoms with Gasteiger partial charge in [-0.3, -0.25) is 4.98 Å². The van der Waals surface area contributed by atoms with Crippen molar-refractivity contribution < 1.29 is 33.3 Å². The van der Waals surface area contributed by atoms with Crippen molar-refractivity contribution in [2.45, 2.75) is 64.8 Å². The molecule has 278 valence electrons. The van der Waals surface area contributed by atoms with E-state index in [1.165, 1.54) is 5.39 Å². The second-order valence-electron chi connectivity index (χ2n) is 14.4. The van der Waals surface area contributed by atoms with Gasteiger partial charge in [-0.2, -0.15) is 0 Å². The van der Waals surface area contributed by atoms with E-state index in [2.05, 4.69) is 71.7 Å². The third-order valence-electron chi connectivity index (χ3n) is 9.04. The molecule has 1 aromatic heterocycles. The molecule has 3 atom stereocenters. The van der Waals surface area contributed by atoms with Gasteiger partial charge in [0.2, 0.25) is 0 Å². The first-order valence-corrected chi connectivity index (χ1v) is 18.3. The molecule has 4 aromatic carbocycles. The molecular weight excluding hydrogens is 668 g/mol. The Kier molecular flexibility index (Phi) is 13.6. The van der Waals surface area contributed by atoms with Crippen molar-refractivity contribution in [1.29, 1.82) is 0 Å². The molecule has 0 amide bonds. The van der Waals surface area contributed by atoms with Crippen LogP contribution in [-0.4, -0.2) is 60.8 Å². The largest absolute Gasteiger partial charge is 0.528 e. The molecular formula is C44H50N2O7. The fraction of sp³-hybridized carbons (Fsp3) is 0.364. The van der Waals surface area contributed by atoms with Gasteiger partial charge in [0.15, 0.2) is 0 Å². The third kappa shape index (κ3) is 11.9. The van der Waals surface area contributed by atoms with Crippen LogP contribution in [0.4, 0.5) is 4.79 Å². The average Bonchev–Trinajstić information content (AvgIpc) is 3.15. The molecule has 2 heterocycles. The number of nitrogens with zero attached hydrogens (tertiary/aromatic N) is 2. The minimum absolute atomic E-state index is 0.0517. The lowest BCUT2D eigenvalue weighted by Gasteiger charge is -2.42. The lowest BCUT2D eigenvalue weighted by molar-refractivity contribution is -0.196. The van der Waals surface area contributed by atoms with E-state index in [-0.39, 0.29) is 17.9 Å². The molecule has 0 spiro atoms. The first-order valence-electron chi connectivity index (χ1n) is 18.3. The van der Waals surface area contributed by atoms with Crippen molar-refractivity contribution in [2.75, 3.05) is 32.9 Å². The van der Waals surface area contributed by atoms with Gasteiger partial charge in [0.25, 0.3) is 0 Å². The van der Waals surface area contributed by atoms with E-state index in [0.717, 1.165) is 33.2 Å². The summed E-state index contributed by atoms with van der Waals surface area (Å²) in [4.78, 5) is 22.9. The van der Waals surface area contributed by atoms with Gasteiger partial charge >= 0.3 is 6.16 Å². The van der Waals surface area contributed by atoms with Crippen LogP contribution < -0.4 is 0 Å². The topological polar surface area (TPSA) is 88.6 Å². The smallest absolute Gasteiger partial charge is 0.427 e. The molecule has 0 bridgehead atoms. The van der Waals surface area contributed by atoms with Crippen LogP contribution in [0.3, 0.4) is 0 Å². The van der Waals surface area contributed by atoms with Crippen LogP contribution in [0.1, 0.15) is 54.5 Å². The summed E-state index contributed by atoms with van der Waals surface area (Å²) >= 11 is 0. The molecule has 0 aliphatic carbocycles. The highest BCUT2D eigenvalue weighted by molar-refractivity contribution is 5.82. The Balaban J connectivity index is 1.17. The average molecular weight is 719 g/mol. The van der Waals surface area contributed by atoms with E-state index < -0.39 is 11.8 Å². The van der Waals surface area contributed by atoms with E-state index >= 15 is 0 Å². The molecule has 0 N–H and O–H groups in total. The number of carbonyl (C=O) groups is 1. The summed E-state index contributed by atoms with van der Waals surface area (Å²) in [7, 11) is 0. The number of hydroxylamine groups is 2. The maximum Gasteiger partial charge on any atom is 0.528 e. The van der Waals surface area contributed by atoms with Crippen molar-refractivity contribution in [3.63, 3.8) is 0 Å². The van der Waals surface area contributed by atoms with Crippen LogP contribution in [-0.2, 0) is 54.9 Å². The maximum absolute atomic E-state index is 12.9. The first-order chi connectivity index (χ1) is 25.8. The summed E-state index contributed by atoms with van der Waals surface area (Å²) in [5.41, 5.74) is 4.70. The van der Waals surface area contributed by atoms with E-state index in [9.17, 15) is 4.79 Å². The fourth-order valence-corrected chi connectivity index (χ4v) is 6.57. The zero-order valence-corrected chi connectivity index (χ0v) is 30.9. The van der Waals surface area contributed by atoms with Gasteiger partial charge in [-0.15, -0.1) is 5.06 Å². The van der Waals surface area contributed by atoms with E-state index in [0.29, 0.717) is 59.3 Å². The van der Waals surface area contributed by atoms with Gasteiger partial charge in [0.1, 0.15) is 5.60 Å². The first kappa shape index (κ1) is 38.1. The van der Waals surface area contributed by atoms with Gasteiger partial charge in [-0.25, -0.2) is 4.79 Å². The number of rotatable bonds is 16. The molecule has 9 nitrogen and oxygen atoms in total. The number of hydrogen-bond donors (Lipinski definition) is 0. The van der Waals surface area contributed by atoms with Crippen LogP contribution in [0.25, 0.3) is 10.8 Å². The van der Waals surface area contributed by atoms with E-state index in [1.54, 1.807) is 11.3 Å². The Labute approximate surface area is 312 Å². The van der Waals surface area contributed by atoms with E-state index in [4.69, 9.17) is 28.5 Å². The summed E-state index contributed by atoms with van der Waals surface area (Å²) < 4.78 is 30.3. The van der Waals surface area contributed by atoms with Gasteiger partial charge in [-0.1, -0.05) is 97.1 Å². The number of aromatic nitrogens is 1. The lowest BCUT2D eigenvalue weighted by atomic mass is 9.79. The number of carbonyl (C=O) groups excluding carboxylic acids is 1. The Morgan fingerprint density at radius 2 is 1.36 bits per heavy atom. The predicted molar refractivity (Wildman–Crippen MR) is 204 cm³/mol. The monoisotopic (exact) mass is 718 g/mol. The van der Waals surface area contributed by atoms with Gasteiger partial charge in [0, 0.05) is 30.8 Å². The SMILES string of the molecule is CC(C)(C)OC(=O)ON1CC(COCc2cccnc2)C(c2ccc(COCCOCc3ccccc3)cc2)C(OCc2ccc3ccccc3c2)C1. The fourth-order valence-electron chi connectivity index (χ4n) is 6.57. The van der Waals surface area contributed by atoms with Crippen molar-refractivity contribution in [3.8, 4) is 0 Å². The van der Waals surface area contributed by atoms with Crippen LogP contribution in [0, 0.1) is 5.92 Å². The van der Waals surface area contributed by atoms with E-state index in [1.807, 2.05) is 69.4 Å². The number of piperidine rings is 1. The van der Waals surface area contributed by atoms with Crippen LogP contribution >= 0.6 is 0 Å². The summed E-state index contributed by atoms with van der Waals surface area (Å²) in [6.45, 7) is 9.57. The zero-order chi connectivity index (χ0) is 36.9. The highest BCUT2D eigenvalue weighted by atomic mass is 16.8. The van der Waals surface area contributed by atoms with Crippen molar-refractivity contribution in [2.24, 2.45) is 5.92 Å². The normalized spacial score (nSPS) is 17.8. The van der Waals surface area contributed by atoms with Gasteiger partial charge < -0.3 is 28.5 Å². The molecule has 3 unspecified atom stereocenters. The number of ether oxygens (including phenoxy) is 5. The zero-order valence-electron chi connectivity index (χ0n) is 30.9. The van der Waals surface area contributed by atoms with Gasteiger partial charge in [-0.05, 0) is 71.5 Å². The molecule has 1 aliphatic rings. The van der Waals surface area contributed by atoms with Crippen LogP contribution in [0.15, 0.2) is 122 Å². The number of pyridine rings is 1. The molecule has 0 saturated carbocycles. The quantitative estimate of drug-likeness (QED) is 0.0735. The Morgan fingerprint density at radius 1 is 0.698 bits per heavy atom. The molecule has 1 aliphatic heterocycles. The summed E-state index contributed by atoms with van der Waals surface area (Å²) in [6, 6.07) is 37.2. The second-order valence-corrected chi connectivity index (χ2v) is 14.4. The lowest BCUT2D eigenvalue weighted by Crippen LogP contribution is -2.51. The molecule has 0 radical (unpaired) electrons. The molecule has 53 heavy (non-hydrogen) atoms. The predicted octanol–water partition coefficient (Wildman–Crippen LogP) is 8.65. The molecule has 5 aromatic rings. The Hall–Kier alpha value is -4.64. The minimum atomic E-state index is -0.742. The third-order valence-corrected chi connectivity index (χ3v) is 9.04. The number of benzene rings is 4. The second kappa shape index (κ2) is 18.9. The summed E-state index contributed by atoms with van der Waals surface area (Å²) in [5, 5.41) is 4.00. The van der Waals surface area contributed by atoms with Crippen molar-refractivity contribution in [1.82, 2.24) is 10.0 Å². The van der Waals surface area contributed by atoms with Gasteiger partial charge in [0.05, 0.1) is 58.9 Å². The molecule has 9 heteroatoms. The standard InChI is InChI=1S/C44H50N2O7/c1-44(2,3)52-43(47)53-46-26-40(32-50-30-36-12-9-21-45-25-36)42(41(27-46)51-31-35-17-18-37-13-7-8-14-39(37)24-35)38-19-15-34(16-20-38)29-49-23-22-48-28-33-10-5-4-6-11-33/h4-21,24-25,40-42H,22-23,26-32H2,1-3H3. The van der Waals surface area contributed by atoms with Crippen LogP contribution in [0.2, 0.25) is 0 Å². The molecule has 6 rings (SSSR count). The van der Waals surface area contributed by atoms with Crippen LogP contribution in [0.5, 0.6) is 0 Å². The number of fused-ring (bicyclic) bond motifs is 1.